The first-order valence-electron chi connectivity index (χ1n) is 6.45. The number of carboxylic acid groups (broad SMARTS) is 1. The Morgan fingerprint density at radius 1 is 1.22 bits per heavy atom. The maximum absolute atomic E-state index is 12.3. The molecule has 0 saturated carbocycles. The number of likely N-dealkylation sites (tertiary alicyclic amines) is 1. The van der Waals surface area contributed by atoms with Crippen LogP contribution in [-0.4, -0.2) is 64.1 Å². The number of carbonyl (C=O) groups excluding carboxylic acids is 1. The first-order valence-corrected chi connectivity index (χ1v) is 7.61. The number of hydrogen-bond acceptors (Lipinski definition) is 3. The zero-order chi connectivity index (χ0) is 13.1. The van der Waals surface area contributed by atoms with E-state index in [0.29, 0.717) is 25.9 Å². The lowest BCUT2D eigenvalue weighted by Gasteiger charge is -2.39. The van der Waals surface area contributed by atoms with Crippen LogP contribution in [0.3, 0.4) is 0 Å². The van der Waals surface area contributed by atoms with E-state index < -0.39 is 5.97 Å². The fourth-order valence-corrected chi connectivity index (χ4v) is 3.52. The van der Waals surface area contributed by atoms with Gasteiger partial charge < -0.3 is 14.9 Å². The number of hydrogen-bond donors (Lipinski definition) is 1. The number of carboxylic acids is 1. The van der Waals surface area contributed by atoms with E-state index in [-0.39, 0.29) is 18.0 Å². The minimum atomic E-state index is -0.732. The first-order chi connectivity index (χ1) is 8.59. The fourth-order valence-electron chi connectivity index (χ4n) is 2.51. The van der Waals surface area contributed by atoms with Gasteiger partial charge in [-0.15, -0.1) is 0 Å². The molecule has 2 fully saturated rings. The van der Waals surface area contributed by atoms with E-state index in [1.54, 1.807) is 0 Å². The van der Waals surface area contributed by atoms with E-state index in [1.165, 1.54) is 0 Å². The minimum Gasteiger partial charge on any atom is -0.481 e. The Morgan fingerprint density at radius 3 is 2.44 bits per heavy atom. The van der Waals surface area contributed by atoms with Crippen LogP contribution >= 0.6 is 11.8 Å². The van der Waals surface area contributed by atoms with Crippen molar-refractivity contribution in [1.82, 2.24) is 9.80 Å². The average Bonchev–Trinajstić information content (AvgIpc) is 2.38. The quantitative estimate of drug-likeness (QED) is 0.782. The number of urea groups is 1. The molecule has 6 heteroatoms. The van der Waals surface area contributed by atoms with Crippen molar-refractivity contribution < 1.29 is 14.7 Å². The predicted octanol–water partition coefficient (Wildman–Crippen LogP) is 1.34. The van der Waals surface area contributed by atoms with Gasteiger partial charge in [0.2, 0.25) is 0 Å². The minimum absolute atomic E-state index is 0.0895. The molecule has 5 nitrogen and oxygen atoms in total. The van der Waals surface area contributed by atoms with Crippen LogP contribution in [0.4, 0.5) is 4.79 Å². The van der Waals surface area contributed by atoms with Crippen molar-refractivity contribution in [3.05, 3.63) is 0 Å². The Balaban J connectivity index is 1.88. The van der Waals surface area contributed by atoms with Crippen LogP contribution in [0.5, 0.6) is 0 Å². The number of rotatable bonds is 1. The Hall–Kier alpha value is -0.910. The molecule has 2 aliphatic rings. The highest BCUT2D eigenvalue weighted by molar-refractivity contribution is 7.99. The fraction of sp³-hybridized carbons (Fsp3) is 0.833. The van der Waals surface area contributed by atoms with E-state index in [4.69, 9.17) is 5.11 Å². The molecule has 0 aliphatic carbocycles. The lowest BCUT2D eigenvalue weighted by atomic mass is 9.97. The molecule has 18 heavy (non-hydrogen) atoms. The number of carbonyl (C=O) groups is 2. The van der Waals surface area contributed by atoms with Gasteiger partial charge in [-0.25, -0.2) is 4.79 Å². The molecule has 0 spiro atoms. The molecule has 2 rings (SSSR count). The van der Waals surface area contributed by atoms with Crippen LogP contribution in [0.15, 0.2) is 0 Å². The number of amides is 2. The summed E-state index contributed by atoms with van der Waals surface area (Å²) in [7, 11) is 0. The third-order valence-electron chi connectivity index (χ3n) is 3.73. The maximum atomic E-state index is 12.3. The van der Waals surface area contributed by atoms with Gasteiger partial charge in [0.05, 0.1) is 5.92 Å². The summed E-state index contributed by atoms with van der Waals surface area (Å²) >= 11 is 1.89. The lowest BCUT2D eigenvalue weighted by molar-refractivity contribution is -0.143. The topological polar surface area (TPSA) is 60.9 Å². The van der Waals surface area contributed by atoms with Gasteiger partial charge in [0.1, 0.15) is 0 Å². The van der Waals surface area contributed by atoms with Gasteiger partial charge >= 0.3 is 12.0 Å². The molecular formula is C12H20N2O3S. The molecule has 1 N–H and O–H groups in total. The Labute approximate surface area is 112 Å². The van der Waals surface area contributed by atoms with Gasteiger partial charge in [-0.3, -0.25) is 4.79 Å². The van der Waals surface area contributed by atoms with Gasteiger partial charge in [0.15, 0.2) is 0 Å². The Morgan fingerprint density at radius 2 is 1.89 bits per heavy atom. The molecule has 0 aromatic rings. The largest absolute Gasteiger partial charge is 0.481 e. The van der Waals surface area contributed by atoms with Gasteiger partial charge in [-0.1, -0.05) is 0 Å². The van der Waals surface area contributed by atoms with Gasteiger partial charge in [-0.2, -0.15) is 11.8 Å². The standard InChI is InChI=1S/C12H20N2O3S/c1-9-8-18-7-6-14(9)12(17)13-4-2-10(3-5-13)11(15)16/h9-10H,2-8H2,1H3,(H,15,16). The molecule has 2 saturated heterocycles. The van der Waals surface area contributed by atoms with Crippen LogP contribution in [0.25, 0.3) is 0 Å². The zero-order valence-corrected chi connectivity index (χ0v) is 11.5. The summed E-state index contributed by atoms with van der Waals surface area (Å²) in [5.74, 6) is 0.993. The van der Waals surface area contributed by atoms with E-state index in [0.717, 1.165) is 18.1 Å². The maximum Gasteiger partial charge on any atom is 0.320 e. The highest BCUT2D eigenvalue weighted by Gasteiger charge is 2.31. The number of nitrogens with zero attached hydrogens (tertiary/aromatic N) is 2. The van der Waals surface area contributed by atoms with Crippen LogP contribution in [0, 0.1) is 5.92 Å². The number of aliphatic carboxylic acids is 1. The van der Waals surface area contributed by atoms with Gasteiger partial charge in [-0.05, 0) is 19.8 Å². The van der Waals surface area contributed by atoms with E-state index in [9.17, 15) is 9.59 Å². The average molecular weight is 272 g/mol. The lowest BCUT2D eigenvalue weighted by Crippen LogP contribution is -2.53. The second kappa shape index (κ2) is 5.82. The molecule has 0 aromatic heterocycles. The Bertz CT molecular complexity index is 329. The predicted molar refractivity (Wildman–Crippen MR) is 70.8 cm³/mol. The molecule has 0 aromatic carbocycles. The highest BCUT2D eigenvalue weighted by atomic mass is 32.2. The van der Waals surface area contributed by atoms with Crippen molar-refractivity contribution in [2.75, 3.05) is 31.1 Å². The smallest absolute Gasteiger partial charge is 0.320 e. The summed E-state index contributed by atoms with van der Waals surface area (Å²) < 4.78 is 0. The van der Waals surface area contributed by atoms with Gasteiger partial charge in [0.25, 0.3) is 0 Å². The van der Waals surface area contributed by atoms with Gasteiger partial charge in [0, 0.05) is 37.2 Å². The van der Waals surface area contributed by atoms with Crippen molar-refractivity contribution in [2.45, 2.75) is 25.8 Å². The van der Waals surface area contributed by atoms with E-state index >= 15 is 0 Å². The van der Waals surface area contributed by atoms with Crippen molar-refractivity contribution in [1.29, 1.82) is 0 Å². The van der Waals surface area contributed by atoms with Crippen molar-refractivity contribution in [3.8, 4) is 0 Å². The summed E-state index contributed by atoms with van der Waals surface area (Å²) in [6, 6.07) is 0.375. The highest BCUT2D eigenvalue weighted by Crippen LogP contribution is 2.22. The number of thioether (sulfide) groups is 1. The van der Waals surface area contributed by atoms with Crippen molar-refractivity contribution in [2.24, 2.45) is 5.92 Å². The molecule has 0 bridgehead atoms. The Kier molecular flexibility index (Phi) is 4.37. The van der Waals surface area contributed by atoms with E-state index in [2.05, 4.69) is 6.92 Å². The normalized spacial score (nSPS) is 26.2. The second-order valence-electron chi connectivity index (χ2n) is 5.00. The SMILES string of the molecule is CC1CSCCN1C(=O)N1CCC(C(=O)O)CC1. The zero-order valence-electron chi connectivity index (χ0n) is 10.7. The summed E-state index contributed by atoms with van der Waals surface area (Å²) in [5, 5.41) is 8.94. The summed E-state index contributed by atoms with van der Waals surface area (Å²) in [6.07, 6.45) is 1.16. The second-order valence-corrected chi connectivity index (χ2v) is 6.15. The monoisotopic (exact) mass is 272 g/mol. The van der Waals surface area contributed by atoms with Crippen LogP contribution in [-0.2, 0) is 4.79 Å². The summed E-state index contributed by atoms with van der Waals surface area (Å²) in [5.41, 5.74) is 0. The van der Waals surface area contributed by atoms with Crippen LogP contribution in [0.1, 0.15) is 19.8 Å². The van der Waals surface area contributed by atoms with Crippen LogP contribution < -0.4 is 0 Å². The molecule has 0 radical (unpaired) electrons. The third-order valence-corrected chi connectivity index (χ3v) is 4.92. The first kappa shape index (κ1) is 13.5. The van der Waals surface area contributed by atoms with Crippen molar-refractivity contribution >= 4 is 23.8 Å². The molecule has 2 heterocycles. The summed E-state index contributed by atoms with van der Waals surface area (Å²) in [4.78, 5) is 26.9. The molecular weight excluding hydrogens is 252 g/mol. The molecule has 1 unspecified atom stereocenters. The third kappa shape index (κ3) is 2.91. The number of piperidine rings is 1. The molecule has 102 valence electrons. The summed E-state index contributed by atoms with van der Waals surface area (Å²) in [6.45, 7) is 4.04. The van der Waals surface area contributed by atoms with Crippen LogP contribution in [0.2, 0.25) is 0 Å². The van der Waals surface area contributed by atoms with E-state index in [1.807, 2.05) is 21.6 Å². The van der Waals surface area contributed by atoms with Crippen molar-refractivity contribution in [3.63, 3.8) is 0 Å². The molecule has 2 amide bonds. The molecule has 2 aliphatic heterocycles. The molecule has 1 atom stereocenters.